The maximum atomic E-state index is 9.53. The second kappa shape index (κ2) is 5.12. The van der Waals surface area contributed by atoms with Crippen molar-refractivity contribution in [3.05, 3.63) is 78.6 Å². The first-order valence-electron chi connectivity index (χ1n) is 6.31. The van der Waals surface area contributed by atoms with Gasteiger partial charge in [-0.25, -0.2) is 0 Å². The summed E-state index contributed by atoms with van der Waals surface area (Å²) in [6.07, 6.45) is 4.05. The average molecular weight is 249 g/mol. The van der Waals surface area contributed by atoms with Gasteiger partial charge < -0.3 is 9.67 Å². The lowest BCUT2D eigenvalue weighted by atomic mass is 10.1. The summed E-state index contributed by atoms with van der Waals surface area (Å²) in [5.41, 5.74) is 4.24. The molecule has 2 aromatic carbocycles. The van der Waals surface area contributed by atoms with Crippen molar-refractivity contribution in [3.63, 3.8) is 0 Å². The van der Waals surface area contributed by atoms with Crippen LogP contribution in [0.4, 0.5) is 0 Å². The van der Waals surface area contributed by atoms with Gasteiger partial charge in [0.1, 0.15) is 0 Å². The minimum absolute atomic E-state index is 0.0457. The second-order valence-corrected chi connectivity index (χ2v) is 4.46. The van der Waals surface area contributed by atoms with E-state index in [4.69, 9.17) is 0 Å². The monoisotopic (exact) mass is 249 g/mol. The number of para-hydroxylation sites is 1. The number of hydrogen-bond donors (Lipinski definition) is 1. The molecule has 0 amide bonds. The molecular formula is C17H15NO. The fourth-order valence-corrected chi connectivity index (χ4v) is 2.25. The van der Waals surface area contributed by atoms with Crippen LogP contribution in [-0.4, -0.2) is 9.67 Å². The zero-order valence-electron chi connectivity index (χ0n) is 10.5. The van der Waals surface area contributed by atoms with Crippen molar-refractivity contribution in [1.82, 2.24) is 4.57 Å². The summed E-state index contributed by atoms with van der Waals surface area (Å²) < 4.78 is 2.05. The van der Waals surface area contributed by atoms with E-state index in [1.807, 2.05) is 47.2 Å². The smallest absolute Gasteiger partial charge is 0.0702 e. The lowest BCUT2D eigenvalue weighted by Crippen LogP contribution is -1.88. The minimum Gasteiger partial charge on any atom is -0.392 e. The summed E-state index contributed by atoms with van der Waals surface area (Å²) in [6.45, 7) is 0.0457. The maximum Gasteiger partial charge on any atom is 0.0702 e. The van der Waals surface area contributed by atoms with Crippen LogP contribution in [0.5, 0.6) is 0 Å². The van der Waals surface area contributed by atoms with E-state index in [-0.39, 0.29) is 6.61 Å². The number of rotatable bonds is 3. The van der Waals surface area contributed by atoms with Gasteiger partial charge in [-0.05, 0) is 17.7 Å². The van der Waals surface area contributed by atoms with Crippen LogP contribution in [-0.2, 0) is 6.61 Å². The van der Waals surface area contributed by atoms with Crippen LogP contribution in [0.25, 0.3) is 16.8 Å². The van der Waals surface area contributed by atoms with Crippen LogP contribution in [0.3, 0.4) is 0 Å². The Hall–Kier alpha value is -2.32. The van der Waals surface area contributed by atoms with E-state index in [0.717, 1.165) is 22.4 Å². The van der Waals surface area contributed by atoms with E-state index < -0.39 is 0 Å². The molecule has 3 rings (SSSR count). The molecule has 2 heteroatoms. The fraction of sp³-hybridized carbons (Fsp3) is 0.0588. The molecule has 0 saturated heterocycles. The Morgan fingerprint density at radius 2 is 1.42 bits per heavy atom. The number of aliphatic hydroxyl groups excluding tert-OH is 1. The van der Waals surface area contributed by atoms with Crippen LogP contribution in [0, 0.1) is 0 Å². The Balaban J connectivity index is 2.09. The van der Waals surface area contributed by atoms with Crippen molar-refractivity contribution in [1.29, 1.82) is 0 Å². The van der Waals surface area contributed by atoms with E-state index in [1.54, 1.807) is 0 Å². The summed E-state index contributed by atoms with van der Waals surface area (Å²) in [7, 11) is 0. The predicted molar refractivity (Wildman–Crippen MR) is 77.1 cm³/mol. The summed E-state index contributed by atoms with van der Waals surface area (Å²) in [5.74, 6) is 0. The van der Waals surface area contributed by atoms with E-state index in [9.17, 15) is 5.11 Å². The molecule has 0 aliphatic carbocycles. The normalized spacial score (nSPS) is 10.6. The van der Waals surface area contributed by atoms with Gasteiger partial charge in [0.25, 0.3) is 0 Å². The van der Waals surface area contributed by atoms with Gasteiger partial charge in [0.05, 0.1) is 6.61 Å². The van der Waals surface area contributed by atoms with Crippen LogP contribution < -0.4 is 0 Å². The molecule has 1 aromatic heterocycles. The van der Waals surface area contributed by atoms with Gasteiger partial charge in [0.2, 0.25) is 0 Å². The van der Waals surface area contributed by atoms with Crippen molar-refractivity contribution < 1.29 is 5.11 Å². The second-order valence-electron chi connectivity index (χ2n) is 4.46. The average Bonchev–Trinajstić information content (AvgIpc) is 2.93. The lowest BCUT2D eigenvalue weighted by molar-refractivity contribution is 0.282. The van der Waals surface area contributed by atoms with Crippen molar-refractivity contribution in [2.75, 3.05) is 0 Å². The first-order valence-corrected chi connectivity index (χ1v) is 6.31. The van der Waals surface area contributed by atoms with Crippen molar-refractivity contribution in [2.45, 2.75) is 6.61 Å². The first kappa shape index (κ1) is 11.8. The molecule has 3 aromatic rings. The van der Waals surface area contributed by atoms with Gasteiger partial charge in [-0.1, -0.05) is 48.5 Å². The zero-order valence-corrected chi connectivity index (χ0v) is 10.5. The number of aromatic nitrogens is 1. The Bertz CT molecular complexity index is 656. The third-order valence-electron chi connectivity index (χ3n) is 3.22. The molecule has 0 spiro atoms. The molecule has 0 aliphatic heterocycles. The molecule has 1 heterocycles. The van der Waals surface area contributed by atoms with E-state index in [1.165, 1.54) is 0 Å². The molecule has 94 valence electrons. The molecule has 0 radical (unpaired) electrons. The lowest BCUT2D eigenvalue weighted by Gasteiger charge is -2.01. The molecule has 0 saturated carbocycles. The summed E-state index contributed by atoms with van der Waals surface area (Å²) >= 11 is 0. The van der Waals surface area contributed by atoms with Crippen LogP contribution >= 0.6 is 0 Å². The molecule has 0 fully saturated rings. The van der Waals surface area contributed by atoms with Crippen molar-refractivity contribution in [2.24, 2.45) is 0 Å². The Kier molecular flexibility index (Phi) is 3.17. The van der Waals surface area contributed by atoms with E-state index >= 15 is 0 Å². The summed E-state index contributed by atoms with van der Waals surface area (Å²) in [4.78, 5) is 0. The van der Waals surface area contributed by atoms with Gasteiger partial charge in [-0.2, -0.15) is 0 Å². The summed E-state index contributed by atoms with van der Waals surface area (Å²) in [5, 5.41) is 9.53. The third-order valence-corrected chi connectivity index (χ3v) is 3.22. The molecular weight excluding hydrogens is 234 g/mol. The SMILES string of the molecule is OCc1cn(-c2ccccc2)cc1-c1ccccc1. The van der Waals surface area contributed by atoms with Gasteiger partial charge in [0.15, 0.2) is 0 Å². The molecule has 1 N–H and O–H groups in total. The molecule has 19 heavy (non-hydrogen) atoms. The van der Waals surface area contributed by atoms with Gasteiger partial charge in [0, 0.05) is 29.2 Å². The Labute approximate surface area is 112 Å². The highest BCUT2D eigenvalue weighted by molar-refractivity contribution is 5.67. The number of nitrogens with zero attached hydrogens (tertiary/aromatic N) is 1. The first-order chi connectivity index (χ1) is 9.38. The number of benzene rings is 2. The largest absolute Gasteiger partial charge is 0.392 e. The van der Waals surface area contributed by atoms with Crippen LogP contribution in [0.2, 0.25) is 0 Å². The van der Waals surface area contributed by atoms with Gasteiger partial charge in [-0.3, -0.25) is 0 Å². The number of hydrogen-bond acceptors (Lipinski definition) is 1. The minimum atomic E-state index is 0.0457. The molecule has 0 aliphatic rings. The summed E-state index contributed by atoms with van der Waals surface area (Å²) in [6, 6.07) is 20.3. The topological polar surface area (TPSA) is 25.2 Å². The van der Waals surface area contributed by atoms with Crippen molar-refractivity contribution in [3.8, 4) is 16.8 Å². The third kappa shape index (κ3) is 2.30. The molecule has 0 atom stereocenters. The highest BCUT2D eigenvalue weighted by atomic mass is 16.3. The van der Waals surface area contributed by atoms with Crippen molar-refractivity contribution >= 4 is 0 Å². The molecule has 0 unspecified atom stereocenters. The standard InChI is InChI=1S/C17H15NO/c19-13-15-11-18(16-9-5-2-6-10-16)12-17(15)14-7-3-1-4-8-14/h1-12,19H,13H2. The highest BCUT2D eigenvalue weighted by Gasteiger charge is 2.08. The highest BCUT2D eigenvalue weighted by Crippen LogP contribution is 2.26. The fourth-order valence-electron chi connectivity index (χ4n) is 2.25. The molecule has 2 nitrogen and oxygen atoms in total. The predicted octanol–water partition coefficient (Wildman–Crippen LogP) is 3.64. The Morgan fingerprint density at radius 1 is 0.789 bits per heavy atom. The maximum absolute atomic E-state index is 9.53. The van der Waals surface area contributed by atoms with E-state index in [0.29, 0.717) is 0 Å². The van der Waals surface area contributed by atoms with Crippen LogP contribution in [0.15, 0.2) is 73.1 Å². The quantitative estimate of drug-likeness (QED) is 0.753. The number of aliphatic hydroxyl groups is 1. The zero-order chi connectivity index (χ0) is 13.1. The van der Waals surface area contributed by atoms with Gasteiger partial charge in [-0.15, -0.1) is 0 Å². The van der Waals surface area contributed by atoms with E-state index in [2.05, 4.69) is 30.5 Å². The molecule has 0 bridgehead atoms. The van der Waals surface area contributed by atoms with Gasteiger partial charge >= 0.3 is 0 Å². The van der Waals surface area contributed by atoms with Crippen LogP contribution in [0.1, 0.15) is 5.56 Å². The Morgan fingerprint density at radius 3 is 2.05 bits per heavy atom.